The van der Waals surface area contributed by atoms with E-state index in [1.165, 1.54) is 0 Å². The summed E-state index contributed by atoms with van der Waals surface area (Å²) in [7, 11) is 0. The van der Waals surface area contributed by atoms with Gasteiger partial charge in [0.1, 0.15) is 0 Å². The molecule has 1 aliphatic rings. The second-order valence-corrected chi connectivity index (χ2v) is 3.81. The fourth-order valence-electron chi connectivity index (χ4n) is 1.65. The first-order valence-electron chi connectivity index (χ1n) is 5.56. The number of hydrogen-bond donors (Lipinski definition) is 0. The van der Waals surface area contributed by atoms with Crippen molar-refractivity contribution in [3.8, 4) is 0 Å². The molecule has 0 spiro atoms. The minimum Gasteiger partial charge on any atom is -0.466 e. The highest BCUT2D eigenvalue weighted by molar-refractivity contribution is 5.69. The normalized spacial score (nSPS) is 18.1. The summed E-state index contributed by atoms with van der Waals surface area (Å²) in [6.45, 7) is 4.31. The van der Waals surface area contributed by atoms with Gasteiger partial charge in [-0.05, 0) is 31.6 Å². The highest BCUT2D eigenvalue weighted by Crippen LogP contribution is 2.18. The van der Waals surface area contributed by atoms with Crippen LogP contribution < -0.4 is 0 Å². The summed E-state index contributed by atoms with van der Waals surface area (Å²) in [6, 6.07) is 0. The number of carbonyl (C=O) groups excluding carboxylic acids is 1. The molecule has 0 radical (unpaired) electrons. The summed E-state index contributed by atoms with van der Waals surface area (Å²) in [5, 5.41) is 0. The number of carbonyl (C=O) groups is 1. The van der Waals surface area contributed by atoms with Gasteiger partial charge in [-0.1, -0.05) is 6.92 Å². The first kappa shape index (κ1) is 11.5. The van der Waals surface area contributed by atoms with Crippen LogP contribution in [0, 0.1) is 5.92 Å². The van der Waals surface area contributed by atoms with E-state index in [1.807, 2.05) is 6.92 Å². The summed E-state index contributed by atoms with van der Waals surface area (Å²) < 4.78 is 10.4. The number of ether oxygens (including phenoxy) is 2. The van der Waals surface area contributed by atoms with Gasteiger partial charge in [-0.15, -0.1) is 0 Å². The van der Waals surface area contributed by atoms with E-state index in [9.17, 15) is 4.79 Å². The maximum atomic E-state index is 11.0. The van der Waals surface area contributed by atoms with Gasteiger partial charge in [-0.2, -0.15) is 0 Å². The topological polar surface area (TPSA) is 35.5 Å². The molecule has 0 aromatic rings. The predicted molar refractivity (Wildman–Crippen MR) is 54.0 cm³/mol. The summed E-state index contributed by atoms with van der Waals surface area (Å²) in [4.78, 5) is 11.0. The van der Waals surface area contributed by atoms with Crippen LogP contribution in [0.15, 0.2) is 0 Å². The molecule has 0 atom stereocenters. The Hall–Kier alpha value is -0.570. The molecule has 0 amide bonds. The van der Waals surface area contributed by atoms with E-state index in [0.717, 1.165) is 38.9 Å². The van der Waals surface area contributed by atoms with Gasteiger partial charge in [0.25, 0.3) is 0 Å². The van der Waals surface area contributed by atoms with Crippen molar-refractivity contribution in [3.63, 3.8) is 0 Å². The quantitative estimate of drug-likeness (QED) is 0.638. The van der Waals surface area contributed by atoms with Gasteiger partial charge in [0.2, 0.25) is 0 Å². The van der Waals surface area contributed by atoms with Gasteiger partial charge in [0.05, 0.1) is 6.61 Å². The van der Waals surface area contributed by atoms with E-state index < -0.39 is 0 Å². The molecule has 82 valence electrons. The van der Waals surface area contributed by atoms with Crippen LogP contribution in [0.2, 0.25) is 0 Å². The standard InChI is InChI=1S/C11H20O3/c1-2-3-11(12)14-9-6-10-4-7-13-8-5-10/h10H,2-9H2,1H3. The Labute approximate surface area is 85.8 Å². The molecular weight excluding hydrogens is 180 g/mol. The minimum absolute atomic E-state index is 0.0560. The molecule has 1 fully saturated rings. The van der Waals surface area contributed by atoms with Gasteiger partial charge in [-0.25, -0.2) is 0 Å². The van der Waals surface area contributed by atoms with Crippen LogP contribution in [0.1, 0.15) is 39.0 Å². The lowest BCUT2D eigenvalue weighted by atomic mass is 9.97. The van der Waals surface area contributed by atoms with Crippen LogP contribution in [-0.2, 0) is 14.3 Å². The molecule has 0 saturated carbocycles. The third kappa shape index (κ3) is 4.61. The zero-order valence-corrected chi connectivity index (χ0v) is 8.96. The molecule has 1 aliphatic heterocycles. The molecule has 0 aliphatic carbocycles. The summed E-state index contributed by atoms with van der Waals surface area (Å²) in [5.74, 6) is 0.637. The van der Waals surface area contributed by atoms with Crippen molar-refractivity contribution in [2.45, 2.75) is 39.0 Å². The molecule has 3 heteroatoms. The highest BCUT2D eigenvalue weighted by Gasteiger charge is 2.13. The largest absolute Gasteiger partial charge is 0.466 e. The van der Waals surface area contributed by atoms with Crippen LogP contribution in [0.5, 0.6) is 0 Å². The van der Waals surface area contributed by atoms with Crippen molar-refractivity contribution in [2.75, 3.05) is 19.8 Å². The van der Waals surface area contributed by atoms with Gasteiger partial charge in [0.15, 0.2) is 0 Å². The maximum Gasteiger partial charge on any atom is 0.305 e. The molecule has 0 N–H and O–H groups in total. The van der Waals surface area contributed by atoms with E-state index in [4.69, 9.17) is 9.47 Å². The Bertz CT molecular complexity index is 162. The summed E-state index contributed by atoms with van der Waals surface area (Å²) in [5.41, 5.74) is 0. The first-order chi connectivity index (χ1) is 6.83. The first-order valence-corrected chi connectivity index (χ1v) is 5.56. The van der Waals surface area contributed by atoms with Crippen molar-refractivity contribution in [1.29, 1.82) is 0 Å². The highest BCUT2D eigenvalue weighted by atomic mass is 16.5. The predicted octanol–water partition coefficient (Wildman–Crippen LogP) is 2.15. The molecule has 0 bridgehead atoms. The molecule has 1 heterocycles. The second kappa shape index (κ2) is 6.82. The van der Waals surface area contributed by atoms with Crippen LogP contribution in [0.3, 0.4) is 0 Å². The third-order valence-electron chi connectivity index (χ3n) is 2.58. The Balaban J connectivity index is 1.99. The van der Waals surface area contributed by atoms with Crippen LogP contribution in [0.4, 0.5) is 0 Å². The lowest BCUT2D eigenvalue weighted by Gasteiger charge is -2.21. The summed E-state index contributed by atoms with van der Waals surface area (Å²) >= 11 is 0. The van der Waals surface area contributed by atoms with Crippen molar-refractivity contribution in [1.82, 2.24) is 0 Å². The van der Waals surface area contributed by atoms with Crippen LogP contribution >= 0.6 is 0 Å². The van der Waals surface area contributed by atoms with E-state index in [-0.39, 0.29) is 5.97 Å². The molecule has 0 aromatic heterocycles. The second-order valence-electron chi connectivity index (χ2n) is 3.81. The van der Waals surface area contributed by atoms with Crippen molar-refractivity contribution >= 4 is 5.97 Å². The summed E-state index contributed by atoms with van der Waals surface area (Å²) in [6.07, 6.45) is 4.65. The lowest BCUT2D eigenvalue weighted by molar-refractivity contribution is -0.144. The Morgan fingerprint density at radius 1 is 1.43 bits per heavy atom. The zero-order valence-electron chi connectivity index (χ0n) is 8.96. The molecule has 14 heavy (non-hydrogen) atoms. The van der Waals surface area contributed by atoms with Crippen molar-refractivity contribution in [3.05, 3.63) is 0 Å². The zero-order chi connectivity index (χ0) is 10.2. The monoisotopic (exact) mass is 200 g/mol. The molecule has 3 nitrogen and oxygen atoms in total. The van der Waals surface area contributed by atoms with Crippen LogP contribution in [-0.4, -0.2) is 25.8 Å². The minimum atomic E-state index is -0.0560. The van der Waals surface area contributed by atoms with Gasteiger partial charge in [0, 0.05) is 19.6 Å². The number of hydrogen-bond acceptors (Lipinski definition) is 3. The van der Waals surface area contributed by atoms with Gasteiger partial charge >= 0.3 is 5.97 Å². The smallest absolute Gasteiger partial charge is 0.305 e. The molecule has 1 rings (SSSR count). The fraction of sp³-hybridized carbons (Fsp3) is 0.909. The Morgan fingerprint density at radius 3 is 2.79 bits per heavy atom. The van der Waals surface area contributed by atoms with Crippen LogP contribution in [0.25, 0.3) is 0 Å². The molecular formula is C11H20O3. The molecule has 0 aromatic carbocycles. The number of esters is 1. The average molecular weight is 200 g/mol. The van der Waals surface area contributed by atoms with E-state index in [1.54, 1.807) is 0 Å². The van der Waals surface area contributed by atoms with Crippen molar-refractivity contribution < 1.29 is 14.3 Å². The van der Waals surface area contributed by atoms with Gasteiger partial charge < -0.3 is 9.47 Å². The molecule has 0 unspecified atom stereocenters. The van der Waals surface area contributed by atoms with Gasteiger partial charge in [-0.3, -0.25) is 4.79 Å². The lowest BCUT2D eigenvalue weighted by Crippen LogP contribution is -2.18. The Morgan fingerprint density at radius 2 is 2.14 bits per heavy atom. The van der Waals surface area contributed by atoms with E-state index in [2.05, 4.69) is 0 Å². The van der Waals surface area contributed by atoms with Crippen molar-refractivity contribution in [2.24, 2.45) is 5.92 Å². The average Bonchev–Trinajstić information content (AvgIpc) is 2.20. The molecule has 1 saturated heterocycles. The Kier molecular flexibility index (Phi) is 5.60. The van der Waals surface area contributed by atoms with E-state index >= 15 is 0 Å². The van der Waals surface area contributed by atoms with E-state index in [0.29, 0.717) is 18.9 Å². The maximum absolute atomic E-state index is 11.0. The SMILES string of the molecule is CCCC(=O)OCCC1CCOCC1. The third-order valence-corrected chi connectivity index (χ3v) is 2.58. The number of rotatable bonds is 5. The fourth-order valence-corrected chi connectivity index (χ4v) is 1.65.